The molecule has 0 heterocycles. The summed E-state index contributed by atoms with van der Waals surface area (Å²) < 4.78 is 0. The Kier molecular flexibility index (Phi) is 14.1. The van der Waals surface area contributed by atoms with Crippen LogP contribution in [0.3, 0.4) is 0 Å². The summed E-state index contributed by atoms with van der Waals surface area (Å²) in [6.45, 7) is 0.791. The van der Waals surface area contributed by atoms with Crippen LogP contribution in [-0.2, 0) is 19.2 Å². The van der Waals surface area contributed by atoms with E-state index in [2.05, 4.69) is 10.6 Å². The molecule has 0 aromatic heterocycles. The highest BCUT2D eigenvalue weighted by Crippen LogP contribution is 2.07. The number of hydrogen-bond acceptors (Lipinski definition) is 4. The van der Waals surface area contributed by atoms with Gasteiger partial charge in [-0.1, -0.05) is 19.3 Å². The van der Waals surface area contributed by atoms with Gasteiger partial charge >= 0.3 is 11.9 Å². The number of hydrogen-bond donors (Lipinski definition) is 4. The van der Waals surface area contributed by atoms with Crippen molar-refractivity contribution in [3.63, 3.8) is 0 Å². The van der Waals surface area contributed by atoms with E-state index >= 15 is 0 Å². The van der Waals surface area contributed by atoms with E-state index in [0.29, 0.717) is 38.8 Å². The third-order valence-electron chi connectivity index (χ3n) is 3.59. The summed E-state index contributed by atoms with van der Waals surface area (Å²) in [5.41, 5.74) is 0. The Morgan fingerprint density at radius 3 is 1.24 bits per heavy atom. The van der Waals surface area contributed by atoms with E-state index in [9.17, 15) is 19.2 Å². The van der Waals surface area contributed by atoms with Gasteiger partial charge in [-0.3, -0.25) is 19.2 Å². The lowest BCUT2D eigenvalue weighted by molar-refractivity contribution is -0.138. The number of aliphatic carboxylic acids is 2. The first kappa shape index (κ1) is 22.9. The van der Waals surface area contributed by atoms with Gasteiger partial charge < -0.3 is 20.8 Å². The Bertz CT molecular complexity index is 387. The molecular formula is C17H30N2O6. The molecule has 0 aromatic carbocycles. The Labute approximate surface area is 148 Å². The summed E-state index contributed by atoms with van der Waals surface area (Å²) in [5, 5.41) is 22.3. The van der Waals surface area contributed by atoms with Gasteiger partial charge in [0.1, 0.15) is 0 Å². The molecule has 0 spiro atoms. The summed E-state index contributed by atoms with van der Waals surface area (Å²) in [4.78, 5) is 43.6. The van der Waals surface area contributed by atoms with Gasteiger partial charge in [-0.25, -0.2) is 0 Å². The zero-order valence-electron chi connectivity index (χ0n) is 14.7. The fourth-order valence-corrected chi connectivity index (χ4v) is 2.21. The molecule has 144 valence electrons. The van der Waals surface area contributed by atoms with E-state index in [1.54, 1.807) is 0 Å². The maximum absolute atomic E-state index is 11.5. The van der Waals surface area contributed by atoms with Crippen LogP contribution in [-0.4, -0.2) is 47.1 Å². The van der Waals surface area contributed by atoms with E-state index in [-0.39, 0.29) is 24.7 Å². The lowest BCUT2D eigenvalue weighted by Crippen LogP contribution is -2.24. The third kappa shape index (κ3) is 18.1. The van der Waals surface area contributed by atoms with Gasteiger partial charge in [-0.2, -0.15) is 0 Å². The highest BCUT2D eigenvalue weighted by Gasteiger charge is 2.04. The predicted octanol–water partition coefficient (Wildman–Crippen LogP) is 1.68. The lowest BCUT2D eigenvalue weighted by atomic mass is 10.1. The Balaban J connectivity index is 3.34. The zero-order chi connectivity index (χ0) is 18.9. The molecule has 0 aliphatic heterocycles. The average molecular weight is 358 g/mol. The van der Waals surface area contributed by atoms with E-state index in [0.717, 1.165) is 32.1 Å². The molecule has 2 amide bonds. The van der Waals surface area contributed by atoms with Gasteiger partial charge in [0, 0.05) is 38.8 Å². The van der Waals surface area contributed by atoms with Crippen molar-refractivity contribution in [3.8, 4) is 0 Å². The number of rotatable bonds is 16. The van der Waals surface area contributed by atoms with Crippen LogP contribution in [0.5, 0.6) is 0 Å². The number of unbranched alkanes of at least 4 members (excludes halogenated alkanes) is 4. The molecule has 0 aliphatic rings. The smallest absolute Gasteiger partial charge is 0.303 e. The van der Waals surface area contributed by atoms with Gasteiger partial charge in [0.15, 0.2) is 0 Å². The monoisotopic (exact) mass is 358 g/mol. The molecule has 0 aromatic rings. The summed E-state index contributed by atoms with van der Waals surface area (Å²) >= 11 is 0. The molecule has 8 heteroatoms. The molecule has 0 atom stereocenters. The number of carbonyl (C=O) groups is 4. The van der Waals surface area contributed by atoms with E-state index in [1.807, 2.05) is 0 Å². The van der Waals surface area contributed by atoms with Gasteiger partial charge in [0.2, 0.25) is 11.8 Å². The SMILES string of the molecule is O=C(O)CCCNC(=O)CCCCCCCC(=O)NCCCC(=O)O. The number of amides is 2. The van der Waals surface area contributed by atoms with Crippen molar-refractivity contribution >= 4 is 23.8 Å². The van der Waals surface area contributed by atoms with Crippen LogP contribution >= 0.6 is 0 Å². The molecule has 4 N–H and O–H groups in total. The highest BCUT2D eigenvalue weighted by atomic mass is 16.4. The lowest BCUT2D eigenvalue weighted by Gasteiger charge is -2.05. The van der Waals surface area contributed by atoms with Crippen LogP contribution in [0.25, 0.3) is 0 Å². The Morgan fingerprint density at radius 1 is 0.520 bits per heavy atom. The average Bonchev–Trinajstić information content (AvgIpc) is 2.54. The summed E-state index contributed by atoms with van der Waals surface area (Å²) in [6.07, 6.45) is 6.26. The molecular weight excluding hydrogens is 328 g/mol. The molecule has 0 saturated carbocycles. The predicted molar refractivity (Wildman–Crippen MR) is 92.1 cm³/mol. The van der Waals surface area contributed by atoms with Gasteiger partial charge in [-0.15, -0.1) is 0 Å². The highest BCUT2D eigenvalue weighted by molar-refractivity contribution is 5.76. The second-order valence-electron chi connectivity index (χ2n) is 5.96. The van der Waals surface area contributed by atoms with Crippen LogP contribution in [0.2, 0.25) is 0 Å². The van der Waals surface area contributed by atoms with E-state index in [4.69, 9.17) is 10.2 Å². The van der Waals surface area contributed by atoms with Crippen LogP contribution in [0.1, 0.15) is 70.6 Å². The molecule has 0 bridgehead atoms. The van der Waals surface area contributed by atoms with Crippen molar-refractivity contribution in [1.29, 1.82) is 0 Å². The van der Waals surface area contributed by atoms with Crippen molar-refractivity contribution in [2.45, 2.75) is 70.6 Å². The second-order valence-corrected chi connectivity index (χ2v) is 5.96. The van der Waals surface area contributed by atoms with Gasteiger partial charge in [0.05, 0.1) is 0 Å². The van der Waals surface area contributed by atoms with Crippen molar-refractivity contribution in [1.82, 2.24) is 10.6 Å². The summed E-state index contributed by atoms with van der Waals surface area (Å²) in [7, 11) is 0. The minimum Gasteiger partial charge on any atom is -0.481 e. The number of carboxylic acid groups (broad SMARTS) is 2. The van der Waals surface area contributed by atoms with Gasteiger partial charge in [0.25, 0.3) is 0 Å². The van der Waals surface area contributed by atoms with Crippen LogP contribution in [0.15, 0.2) is 0 Å². The maximum Gasteiger partial charge on any atom is 0.303 e. The molecule has 0 aliphatic carbocycles. The largest absolute Gasteiger partial charge is 0.481 e. The Morgan fingerprint density at radius 2 is 0.880 bits per heavy atom. The minimum absolute atomic E-state index is 0.0499. The zero-order valence-corrected chi connectivity index (χ0v) is 14.7. The van der Waals surface area contributed by atoms with Crippen molar-refractivity contribution in [2.75, 3.05) is 13.1 Å². The normalized spacial score (nSPS) is 10.2. The van der Waals surface area contributed by atoms with Gasteiger partial charge in [-0.05, 0) is 25.7 Å². The van der Waals surface area contributed by atoms with Crippen LogP contribution < -0.4 is 10.6 Å². The van der Waals surface area contributed by atoms with E-state index < -0.39 is 11.9 Å². The third-order valence-corrected chi connectivity index (χ3v) is 3.59. The summed E-state index contributed by atoms with van der Waals surface area (Å²) in [6, 6.07) is 0. The fraction of sp³-hybridized carbons (Fsp3) is 0.765. The Hall–Kier alpha value is -2.12. The van der Waals surface area contributed by atoms with E-state index in [1.165, 1.54) is 0 Å². The molecule has 0 radical (unpaired) electrons. The standard InChI is InChI=1S/C17H30N2O6/c20-14(18-12-6-10-16(22)23)8-4-2-1-3-5-9-15(21)19-13-7-11-17(24)25/h1-13H2,(H,18,20)(H,19,21)(H,22,23)(H,24,25). The molecule has 0 rings (SSSR count). The first-order valence-electron chi connectivity index (χ1n) is 8.89. The summed E-state index contributed by atoms with van der Waals surface area (Å²) in [5.74, 6) is -1.82. The maximum atomic E-state index is 11.5. The molecule has 0 fully saturated rings. The van der Waals surface area contributed by atoms with Crippen molar-refractivity contribution < 1.29 is 29.4 Å². The van der Waals surface area contributed by atoms with Crippen LogP contribution in [0.4, 0.5) is 0 Å². The van der Waals surface area contributed by atoms with Crippen LogP contribution in [0, 0.1) is 0 Å². The molecule has 0 saturated heterocycles. The first-order chi connectivity index (χ1) is 11.9. The topological polar surface area (TPSA) is 133 Å². The number of carboxylic acids is 2. The minimum atomic E-state index is -0.858. The first-order valence-corrected chi connectivity index (χ1v) is 8.89. The fourth-order valence-electron chi connectivity index (χ4n) is 2.21. The molecule has 0 unspecified atom stereocenters. The number of carbonyl (C=O) groups excluding carboxylic acids is 2. The van der Waals surface area contributed by atoms with Crippen molar-refractivity contribution in [3.05, 3.63) is 0 Å². The second kappa shape index (κ2) is 15.4. The molecule has 25 heavy (non-hydrogen) atoms. The molecule has 8 nitrogen and oxygen atoms in total. The number of nitrogens with one attached hydrogen (secondary N) is 2. The van der Waals surface area contributed by atoms with Crippen molar-refractivity contribution in [2.24, 2.45) is 0 Å². The quantitative estimate of drug-likeness (QED) is 0.310.